The maximum absolute atomic E-state index is 5.67. The smallest absolute Gasteiger partial charge is 0.237 e. The highest BCUT2D eigenvalue weighted by Gasteiger charge is 2.24. The molecule has 0 radical (unpaired) electrons. The first-order valence-corrected chi connectivity index (χ1v) is 5.08. The van der Waals surface area contributed by atoms with E-state index in [1.54, 1.807) is 13.3 Å². The van der Waals surface area contributed by atoms with Crippen molar-refractivity contribution in [2.45, 2.75) is 18.9 Å². The van der Waals surface area contributed by atoms with Gasteiger partial charge in [0.1, 0.15) is 11.4 Å². The van der Waals surface area contributed by atoms with Crippen LogP contribution in [0.3, 0.4) is 0 Å². The van der Waals surface area contributed by atoms with Crippen molar-refractivity contribution in [2.24, 2.45) is 0 Å². The molecule has 0 unspecified atom stereocenters. The lowest BCUT2D eigenvalue weighted by Crippen LogP contribution is -2.11. The molecule has 1 aliphatic rings. The fourth-order valence-corrected chi connectivity index (χ4v) is 1.34. The predicted molar refractivity (Wildman–Crippen MR) is 58.8 cm³/mol. The van der Waals surface area contributed by atoms with Crippen molar-refractivity contribution in [3.05, 3.63) is 12.3 Å². The van der Waals surface area contributed by atoms with Gasteiger partial charge in [0, 0.05) is 20.2 Å². The summed E-state index contributed by atoms with van der Waals surface area (Å²) >= 11 is 0. The zero-order valence-corrected chi connectivity index (χ0v) is 9.36. The second-order valence-electron chi connectivity index (χ2n) is 3.91. The van der Waals surface area contributed by atoms with Gasteiger partial charge in [-0.15, -0.1) is 0 Å². The molecule has 0 N–H and O–H groups in total. The first kappa shape index (κ1) is 10.1. The summed E-state index contributed by atoms with van der Waals surface area (Å²) in [4.78, 5) is 6.17. The van der Waals surface area contributed by atoms with Crippen LogP contribution in [-0.4, -0.2) is 32.3 Å². The lowest BCUT2D eigenvalue weighted by Gasteiger charge is -2.16. The highest BCUT2D eigenvalue weighted by molar-refractivity contribution is 5.56. The van der Waals surface area contributed by atoms with Crippen molar-refractivity contribution in [1.82, 2.24) is 4.98 Å². The number of pyridine rings is 1. The van der Waals surface area contributed by atoms with Crippen LogP contribution < -0.4 is 14.4 Å². The van der Waals surface area contributed by atoms with E-state index in [4.69, 9.17) is 9.47 Å². The van der Waals surface area contributed by atoms with Gasteiger partial charge in [-0.1, -0.05) is 0 Å². The second kappa shape index (κ2) is 3.96. The van der Waals surface area contributed by atoms with E-state index in [9.17, 15) is 0 Å². The van der Waals surface area contributed by atoms with Gasteiger partial charge >= 0.3 is 0 Å². The number of ether oxygens (including phenoxy) is 2. The monoisotopic (exact) mass is 208 g/mol. The van der Waals surface area contributed by atoms with Crippen LogP contribution in [0.15, 0.2) is 12.3 Å². The molecule has 0 aliphatic heterocycles. The SMILES string of the molecule is COc1ncc(OC2CC2)cc1N(C)C. The molecular formula is C11H16N2O2. The molecule has 4 nitrogen and oxygen atoms in total. The zero-order valence-electron chi connectivity index (χ0n) is 9.36. The highest BCUT2D eigenvalue weighted by Crippen LogP contribution is 2.32. The van der Waals surface area contributed by atoms with Gasteiger partial charge < -0.3 is 14.4 Å². The number of rotatable bonds is 4. The Morgan fingerprint density at radius 1 is 1.40 bits per heavy atom. The third-order valence-electron chi connectivity index (χ3n) is 2.31. The summed E-state index contributed by atoms with van der Waals surface area (Å²) in [7, 11) is 5.54. The molecule has 0 aromatic carbocycles. The minimum absolute atomic E-state index is 0.398. The van der Waals surface area contributed by atoms with E-state index >= 15 is 0 Å². The van der Waals surface area contributed by atoms with Gasteiger partial charge in [-0.2, -0.15) is 0 Å². The Morgan fingerprint density at radius 2 is 2.13 bits per heavy atom. The Hall–Kier alpha value is -1.45. The lowest BCUT2D eigenvalue weighted by molar-refractivity contribution is 0.300. The summed E-state index contributed by atoms with van der Waals surface area (Å²) in [6.07, 6.45) is 4.42. The molecule has 82 valence electrons. The van der Waals surface area contributed by atoms with Gasteiger partial charge in [-0.05, 0) is 12.8 Å². The van der Waals surface area contributed by atoms with Crippen molar-refractivity contribution < 1.29 is 9.47 Å². The van der Waals surface area contributed by atoms with Crippen LogP contribution in [0.4, 0.5) is 5.69 Å². The molecular weight excluding hydrogens is 192 g/mol. The van der Waals surface area contributed by atoms with Gasteiger partial charge in [-0.25, -0.2) is 4.98 Å². The Bertz CT molecular complexity index is 348. The van der Waals surface area contributed by atoms with Crippen molar-refractivity contribution in [3.63, 3.8) is 0 Å². The molecule has 0 saturated heterocycles. The number of nitrogens with zero attached hydrogens (tertiary/aromatic N) is 2. The minimum Gasteiger partial charge on any atom is -0.489 e. The van der Waals surface area contributed by atoms with E-state index in [0.29, 0.717) is 12.0 Å². The molecule has 0 atom stereocenters. The maximum Gasteiger partial charge on any atom is 0.237 e. The number of methoxy groups -OCH3 is 1. The summed E-state index contributed by atoms with van der Waals surface area (Å²) in [5, 5.41) is 0. The van der Waals surface area contributed by atoms with E-state index in [1.165, 1.54) is 0 Å². The van der Waals surface area contributed by atoms with Gasteiger partial charge in [0.15, 0.2) is 0 Å². The number of aromatic nitrogens is 1. The lowest BCUT2D eigenvalue weighted by atomic mass is 10.3. The molecule has 4 heteroatoms. The second-order valence-corrected chi connectivity index (χ2v) is 3.91. The van der Waals surface area contributed by atoms with E-state index in [0.717, 1.165) is 24.3 Å². The van der Waals surface area contributed by atoms with Crippen LogP contribution in [-0.2, 0) is 0 Å². The van der Waals surface area contributed by atoms with E-state index in [2.05, 4.69) is 4.98 Å². The predicted octanol–water partition coefficient (Wildman–Crippen LogP) is 1.70. The van der Waals surface area contributed by atoms with Crippen molar-refractivity contribution >= 4 is 5.69 Å². The Kier molecular flexibility index (Phi) is 2.66. The Balaban J connectivity index is 2.22. The third-order valence-corrected chi connectivity index (χ3v) is 2.31. The van der Waals surface area contributed by atoms with E-state index < -0.39 is 0 Å². The summed E-state index contributed by atoms with van der Waals surface area (Å²) < 4.78 is 10.8. The zero-order chi connectivity index (χ0) is 10.8. The molecule has 2 rings (SSSR count). The highest BCUT2D eigenvalue weighted by atomic mass is 16.5. The molecule has 0 amide bonds. The van der Waals surface area contributed by atoms with Crippen molar-refractivity contribution in [1.29, 1.82) is 0 Å². The molecule has 0 bridgehead atoms. The van der Waals surface area contributed by atoms with E-state index in [-0.39, 0.29) is 0 Å². The van der Waals surface area contributed by atoms with Crippen LogP contribution in [0.25, 0.3) is 0 Å². The average molecular weight is 208 g/mol. The third kappa shape index (κ3) is 2.32. The Morgan fingerprint density at radius 3 is 2.67 bits per heavy atom. The van der Waals surface area contributed by atoms with Gasteiger partial charge in [0.2, 0.25) is 5.88 Å². The number of anilines is 1. The molecule has 15 heavy (non-hydrogen) atoms. The fraction of sp³-hybridized carbons (Fsp3) is 0.545. The van der Waals surface area contributed by atoms with Crippen LogP contribution in [0, 0.1) is 0 Å². The maximum atomic E-state index is 5.67. The molecule has 1 saturated carbocycles. The summed E-state index contributed by atoms with van der Waals surface area (Å²) in [5.41, 5.74) is 0.940. The molecule has 1 aromatic rings. The largest absolute Gasteiger partial charge is 0.489 e. The van der Waals surface area contributed by atoms with Crippen LogP contribution in [0.1, 0.15) is 12.8 Å². The van der Waals surface area contributed by atoms with E-state index in [1.807, 2.05) is 25.1 Å². The van der Waals surface area contributed by atoms with Gasteiger partial charge in [0.25, 0.3) is 0 Å². The summed E-state index contributed by atoms with van der Waals surface area (Å²) in [5.74, 6) is 1.45. The van der Waals surface area contributed by atoms with Gasteiger partial charge in [0.05, 0.1) is 19.4 Å². The van der Waals surface area contributed by atoms with Crippen LogP contribution in [0.5, 0.6) is 11.6 Å². The molecule has 0 spiro atoms. The van der Waals surface area contributed by atoms with Crippen molar-refractivity contribution in [2.75, 3.05) is 26.1 Å². The normalized spacial score (nSPS) is 14.9. The molecule has 1 heterocycles. The van der Waals surface area contributed by atoms with Crippen LogP contribution in [0.2, 0.25) is 0 Å². The fourth-order valence-electron chi connectivity index (χ4n) is 1.34. The van der Waals surface area contributed by atoms with Gasteiger partial charge in [-0.3, -0.25) is 0 Å². The molecule has 1 fully saturated rings. The number of hydrogen-bond donors (Lipinski definition) is 0. The minimum atomic E-state index is 0.398. The average Bonchev–Trinajstić information content (AvgIpc) is 3.01. The summed E-state index contributed by atoms with van der Waals surface area (Å²) in [6.45, 7) is 0. The first-order chi connectivity index (χ1) is 7.20. The Labute approximate surface area is 89.8 Å². The number of hydrogen-bond acceptors (Lipinski definition) is 4. The first-order valence-electron chi connectivity index (χ1n) is 5.08. The van der Waals surface area contributed by atoms with Crippen molar-refractivity contribution in [3.8, 4) is 11.6 Å². The quantitative estimate of drug-likeness (QED) is 0.754. The summed E-state index contributed by atoms with van der Waals surface area (Å²) in [6, 6.07) is 1.96. The molecule has 1 aliphatic carbocycles. The topological polar surface area (TPSA) is 34.6 Å². The van der Waals surface area contributed by atoms with Crippen LogP contribution >= 0.6 is 0 Å². The molecule has 1 aromatic heterocycles. The standard InChI is InChI=1S/C11H16N2O2/c1-13(2)10-6-9(15-8-4-5-8)7-12-11(10)14-3/h6-8H,4-5H2,1-3H3.